The van der Waals surface area contributed by atoms with E-state index in [0.29, 0.717) is 10.5 Å². The van der Waals surface area contributed by atoms with Gasteiger partial charge in [-0.3, -0.25) is 0 Å². The van der Waals surface area contributed by atoms with Crippen molar-refractivity contribution in [3.05, 3.63) is 28.2 Å². The van der Waals surface area contributed by atoms with Crippen molar-refractivity contribution in [2.75, 3.05) is 25.0 Å². The summed E-state index contributed by atoms with van der Waals surface area (Å²) in [6, 6.07) is 6.59. The van der Waals surface area contributed by atoms with Gasteiger partial charge < -0.3 is 10.2 Å². The fourth-order valence-electron chi connectivity index (χ4n) is 2.55. The van der Waals surface area contributed by atoms with Gasteiger partial charge in [0, 0.05) is 40.3 Å². The summed E-state index contributed by atoms with van der Waals surface area (Å²) >= 11 is 5.69. The number of nitrogens with one attached hydrogen (secondary N) is 1. The van der Waals surface area contributed by atoms with Gasteiger partial charge in [-0.2, -0.15) is 11.8 Å². The lowest BCUT2D eigenvalue weighted by atomic mass is 10.1. The number of halogens is 1. The van der Waals surface area contributed by atoms with Gasteiger partial charge in [0.2, 0.25) is 0 Å². The zero-order valence-electron chi connectivity index (χ0n) is 11.2. The van der Waals surface area contributed by atoms with Gasteiger partial charge in [-0.1, -0.05) is 35.8 Å². The topological polar surface area (TPSA) is 15.3 Å². The molecular formula is C14H21BrN2S. The van der Waals surface area contributed by atoms with Crippen LogP contribution < -0.4 is 10.2 Å². The van der Waals surface area contributed by atoms with Crippen LogP contribution >= 0.6 is 27.7 Å². The van der Waals surface area contributed by atoms with Crippen LogP contribution in [0.5, 0.6) is 0 Å². The molecule has 0 radical (unpaired) electrons. The van der Waals surface area contributed by atoms with Crippen molar-refractivity contribution < 1.29 is 0 Å². The molecule has 1 aromatic carbocycles. The van der Waals surface area contributed by atoms with E-state index in [4.69, 9.17) is 0 Å². The van der Waals surface area contributed by atoms with E-state index in [0.717, 1.165) is 24.1 Å². The maximum atomic E-state index is 3.59. The highest BCUT2D eigenvalue weighted by molar-refractivity contribution is 9.10. The van der Waals surface area contributed by atoms with Crippen molar-refractivity contribution in [2.24, 2.45) is 0 Å². The molecule has 0 amide bonds. The molecule has 1 heterocycles. The first kappa shape index (κ1) is 14.2. The van der Waals surface area contributed by atoms with Gasteiger partial charge in [-0.25, -0.2) is 0 Å². The van der Waals surface area contributed by atoms with Crippen molar-refractivity contribution in [2.45, 2.75) is 30.9 Å². The van der Waals surface area contributed by atoms with Gasteiger partial charge in [0.15, 0.2) is 0 Å². The summed E-state index contributed by atoms with van der Waals surface area (Å²) in [5.74, 6) is 0. The molecule has 1 saturated heterocycles. The molecule has 0 aliphatic carbocycles. The Balaban J connectivity index is 2.27. The minimum absolute atomic E-state index is 0.704. The van der Waals surface area contributed by atoms with E-state index in [2.05, 4.69) is 70.0 Å². The zero-order chi connectivity index (χ0) is 13.1. The molecule has 0 aromatic heterocycles. The highest BCUT2D eigenvalue weighted by atomic mass is 79.9. The van der Waals surface area contributed by atoms with E-state index in [-0.39, 0.29) is 0 Å². The molecule has 1 aliphatic rings. The summed E-state index contributed by atoms with van der Waals surface area (Å²) in [7, 11) is 2.00. The molecule has 2 nitrogen and oxygen atoms in total. The lowest BCUT2D eigenvalue weighted by molar-refractivity contribution is 0.717. The molecule has 4 heteroatoms. The average molecular weight is 329 g/mol. The van der Waals surface area contributed by atoms with Crippen LogP contribution in [-0.2, 0) is 6.54 Å². The molecule has 100 valence electrons. The Morgan fingerprint density at radius 1 is 1.33 bits per heavy atom. The summed E-state index contributed by atoms with van der Waals surface area (Å²) in [5.41, 5.74) is 2.75. The zero-order valence-corrected chi connectivity index (χ0v) is 13.6. The molecule has 18 heavy (non-hydrogen) atoms. The van der Waals surface area contributed by atoms with Crippen LogP contribution in [0.2, 0.25) is 0 Å². The quantitative estimate of drug-likeness (QED) is 0.914. The summed E-state index contributed by atoms with van der Waals surface area (Å²) in [5, 5.41) is 4.67. The highest BCUT2D eigenvalue weighted by Gasteiger charge is 2.23. The molecule has 0 saturated carbocycles. The number of rotatable bonds is 3. The van der Waals surface area contributed by atoms with Crippen LogP contribution in [0.1, 0.15) is 19.4 Å². The molecular weight excluding hydrogens is 308 g/mol. The summed E-state index contributed by atoms with van der Waals surface area (Å²) in [4.78, 5) is 2.53. The van der Waals surface area contributed by atoms with Crippen molar-refractivity contribution >= 4 is 33.4 Å². The van der Waals surface area contributed by atoms with Crippen LogP contribution in [0.4, 0.5) is 5.69 Å². The molecule has 2 atom stereocenters. The first-order chi connectivity index (χ1) is 8.60. The average Bonchev–Trinajstić information content (AvgIpc) is 2.30. The third-order valence-corrected chi connectivity index (χ3v) is 4.90. The monoisotopic (exact) mass is 328 g/mol. The maximum Gasteiger partial charge on any atom is 0.0423 e. The Morgan fingerprint density at radius 2 is 2.00 bits per heavy atom. The maximum absolute atomic E-state index is 3.59. The third-order valence-electron chi connectivity index (χ3n) is 3.17. The largest absolute Gasteiger partial charge is 0.369 e. The molecule has 2 rings (SSSR count). The SMILES string of the molecule is CNCc1ccc(Br)cc1N1CC(C)SC(C)C1. The van der Waals surface area contributed by atoms with E-state index < -0.39 is 0 Å². The number of nitrogens with zero attached hydrogens (tertiary/aromatic N) is 1. The van der Waals surface area contributed by atoms with Gasteiger partial charge in [-0.15, -0.1) is 0 Å². The minimum atomic E-state index is 0.704. The Bertz CT molecular complexity index is 401. The second-order valence-corrected chi connectivity index (χ2v) is 7.76. The number of anilines is 1. The summed E-state index contributed by atoms with van der Waals surface area (Å²) in [6.45, 7) is 7.85. The van der Waals surface area contributed by atoms with E-state index in [9.17, 15) is 0 Å². The molecule has 2 unspecified atom stereocenters. The summed E-state index contributed by atoms with van der Waals surface area (Å²) in [6.07, 6.45) is 0. The first-order valence-electron chi connectivity index (χ1n) is 6.43. The van der Waals surface area contributed by atoms with Crippen LogP contribution in [0.15, 0.2) is 22.7 Å². The molecule has 1 aliphatic heterocycles. The summed E-state index contributed by atoms with van der Waals surface area (Å²) < 4.78 is 1.16. The minimum Gasteiger partial charge on any atom is -0.369 e. The lowest BCUT2D eigenvalue weighted by Crippen LogP contribution is -2.41. The van der Waals surface area contributed by atoms with Gasteiger partial charge in [0.1, 0.15) is 0 Å². The molecule has 1 aromatic rings. The van der Waals surface area contributed by atoms with Gasteiger partial charge >= 0.3 is 0 Å². The van der Waals surface area contributed by atoms with Crippen LogP contribution in [0, 0.1) is 0 Å². The van der Waals surface area contributed by atoms with Crippen molar-refractivity contribution in [3.8, 4) is 0 Å². The Kier molecular flexibility index (Phi) is 4.98. The van der Waals surface area contributed by atoms with E-state index >= 15 is 0 Å². The fourth-order valence-corrected chi connectivity index (χ4v) is 4.22. The normalized spacial score (nSPS) is 24.3. The fraction of sp³-hybridized carbons (Fsp3) is 0.571. The molecule has 1 N–H and O–H groups in total. The standard InChI is InChI=1S/C14H21BrN2S/c1-10-8-17(9-11(2)18-10)14-6-13(15)5-4-12(14)7-16-3/h4-6,10-11,16H,7-9H2,1-3H3. The second kappa shape index (κ2) is 6.31. The van der Waals surface area contributed by atoms with E-state index in [1.165, 1.54) is 11.3 Å². The van der Waals surface area contributed by atoms with Crippen LogP contribution in [0.25, 0.3) is 0 Å². The number of thioether (sulfide) groups is 1. The second-order valence-electron chi connectivity index (χ2n) is 4.97. The molecule has 1 fully saturated rings. The van der Waals surface area contributed by atoms with Crippen molar-refractivity contribution in [1.82, 2.24) is 5.32 Å². The van der Waals surface area contributed by atoms with Gasteiger partial charge in [0.05, 0.1) is 0 Å². The Hall–Kier alpha value is -0.190. The predicted octanol–water partition coefficient (Wildman–Crippen LogP) is 3.50. The number of hydrogen-bond acceptors (Lipinski definition) is 3. The lowest BCUT2D eigenvalue weighted by Gasteiger charge is -2.37. The van der Waals surface area contributed by atoms with E-state index in [1.54, 1.807) is 0 Å². The van der Waals surface area contributed by atoms with Gasteiger partial charge in [-0.05, 0) is 24.7 Å². The number of benzene rings is 1. The molecule has 0 bridgehead atoms. The van der Waals surface area contributed by atoms with Crippen LogP contribution in [-0.4, -0.2) is 30.6 Å². The van der Waals surface area contributed by atoms with Crippen LogP contribution in [0.3, 0.4) is 0 Å². The third kappa shape index (κ3) is 3.43. The number of hydrogen-bond donors (Lipinski definition) is 1. The van der Waals surface area contributed by atoms with Crippen molar-refractivity contribution in [1.29, 1.82) is 0 Å². The molecule has 0 spiro atoms. The highest BCUT2D eigenvalue weighted by Crippen LogP contribution is 2.32. The van der Waals surface area contributed by atoms with E-state index in [1.807, 2.05) is 7.05 Å². The first-order valence-corrected chi connectivity index (χ1v) is 8.17. The Morgan fingerprint density at radius 3 is 2.61 bits per heavy atom. The predicted molar refractivity (Wildman–Crippen MR) is 85.6 cm³/mol. The Labute approximate surface area is 123 Å². The van der Waals surface area contributed by atoms with Gasteiger partial charge in [0.25, 0.3) is 0 Å². The van der Waals surface area contributed by atoms with Crippen molar-refractivity contribution in [3.63, 3.8) is 0 Å². The smallest absolute Gasteiger partial charge is 0.0423 e.